The van der Waals surface area contributed by atoms with Gasteiger partial charge in [-0.25, -0.2) is 0 Å². The Kier molecular flexibility index (Phi) is 4.02. The van der Waals surface area contributed by atoms with Gasteiger partial charge < -0.3 is 9.73 Å². The zero-order valence-electron chi connectivity index (χ0n) is 11.2. The summed E-state index contributed by atoms with van der Waals surface area (Å²) >= 11 is 1.67. The van der Waals surface area contributed by atoms with Crippen molar-refractivity contribution in [1.82, 2.24) is 5.32 Å². The topological polar surface area (TPSA) is 42.2 Å². The molecule has 1 aliphatic carbocycles. The van der Waals surface area contributed by atoms with Crippen molar-refractivity contribution >= 4 is 17.2 Å². The standard InChI is InChI=1S/C16H17NO2S/c18-16(12-4-2-1-3-5-12)17-9-15-8-14(11-20-15)13-6-7-19-10-13/h1-2,6-8,10-12H,3-5,9H2,(H,17,18). The van der Waals surface area contributed by atoms with Gasteiger partial charge in [-0.2, -0.15) is 0 Å². The molecule has 20 heavy (non-hydrogen) atoms. The number of nitrogens with one attached hydrogen (secondary N) is 1. The van der Waals surface area contributed by atoms with Crippen molar-refractivity contribution in [1.29, 1.82) is 0 Å². The molecular weight excluding hydrogens is 270 g/mol. The molecule has 0 bridgehead atoms. The van der Waals surface area contributed by atoms with E-state index in [1.54, 1.807) is 23.9 Å². The lowest BCUT2D eigenvalue weighted by Crippen LogP contribution is -2.30. The van der Waals surface area contributed by atoms with E-state index in [1.807, 2.05) is 6.07 Å². The van der Waals surface area contributed by atoms with Gasteiger partial charge in [-0.1, -0.05) is 12.2 Å². The third-order valence-corrected chi connectivity index (χ3v) is 4.52. The molecule has 2 heterocycles. The van der Waals surface area contributed by atoms with Crippen molar-refractivity contribution < 1.29 is 9.21 Å². The molecule has 3 nitrogen and oxygen atoms in total. The van der Waals surface area contributed by atoms with Crippen molar-refractivity contribution in [3.63, 3.8) is 0 Å². The number of carbonyl (C=O) groups excluding carboxylic acids is 1. The first-order chi connectivity index (χ1) is 9.83. The quantitative estimate of drug-likeness (QED) is 0.864. The summed E-state index contributed by atoms with van der Waals surface area (Å²) in [7, 11) is 0. The van der Waals surface area contributed by atoms with Crippen LogP contribution in [0.4, 0.5) is 0 Å². The first kappa shape index (κ1) is 13.2. The Hall–Kier alpha value is -1.81. The summed E-state index contributed by atoms with van der Waals surface area (Å²) < 4.78 is 5.08. The maximum atomic E-state index is 12.1. The first-order valence-corrected chi connectivity index (χ1v) is 7.73. The predicted molar refractivity (Wildman–Crippen MR) is 80.3 cm³/mol. The Morgan fingerprint density at radius 3 is 3.10 bits per heavy atom. The number of thiophene rings is 1. The third kappa shape index (κ3) is 3.02. The molecule has 0 aromatic carbocycles. The van der Waals surface area contributed by atoms with Crippen LogP contribution in [0.2, 0.25) is 0 Å². The zero-order chi connectivity index (χ0) is 13.8. The number of amides is 1. The molecule has 1 N–H and O–H groups in total. The maximum Gasteiger partial charge on any atom is 0.223 e. The summed E-state index contributed by atoms with van der Waals surface area (Å²) in [6.45, 7) is 0.613. The minimum Gasteiger partial charge on any atom is -0.472 e. The van der Waals surface area contributed by atoms with E-state index in [9.17, 15) is 4.79 Å². The van der Waals surface area contributed by atoms with Gasteiger partial charge in [0.2, 0.25) is 5.91 Å². The van der Waals surface area contributed by atoms with Gasteiger partial charge in [0.25, 0.3) is 0 Å². The van der Waals surface area contributed by atoms with Gasteiger partial charge in [-0.3, -0.25) is 4.79 Å². The largest absolute Gasteiger partial charge is 0.472 e. The van der Waals surface area contributed by atoms with Crippen LogP contribution < -0.4 is 5.32 Å². The molecule has 0 aliphatic heterocycles. The molecule has 1 atom stereocenters. The highest BCUT2D eigenvalue weighted by atomic mass is 32.1. The van der Waals surface area contributed by atoms with E-state index in [2.05, 4.69) is 28.9 Å². The number of allylic oxidation sites excluding steroid dienone is 2. The fourth-order valence-electron chi connectivity index (χ4n) is 2.40. The SMILES string of the molecule is O=C(NCc1cc(-c2ccoc2)cs1)C1CC=CCC1. The highest BCUT2D eigenvalue weighted by molar-refractivity contribution is 7.10. The molecule has 0 saturated heterocycles. The molecule has 3 rings (SSSR count). The van der Waals surface area contributed by atoms with Crippen molar-refractivity contribution in [2.24, 2.45) is 5.92 Å². The van der Waals surface area contributed by atoms with Crippen LogP contribution in [0.5, 0.6) is 0 Å². The van der Waals surface area contributed by atoms with Crippen molar-refractivity contribution in [3.8, 4) is 11.1 Å². The van der Waals surface area contributed by atoms with Crippen LogP contribution in [0.15, 0.2) is 46.6 Å². The van der Waals surface area contributed by atoms with Gasteiger partial charge in [0.1, 0.15) is 0 Å². The number of hydrogen-bond acceptors (Lipinski definition) is 3. The van der Waals surface area contributed by atoms with E-state index in [4.69, 9.17) is 4.42 Å². The normalized spacial score (nSPS) is 18.1. The summed E-state index contributed by atoms with van der Waals surface area (Å²) in [6, 6.07) is 4.05. The van der Waals surface area contributed by atoms with Crippen molar-refractivity contribution in [2.45, 2.75) is 25.8 Å². The summed E-state index contributed by atoms with van der Waals surface area (Å²) in [5.74, 6) is 0.320. The van der Waals surface area contributed by atoms with Gasteiger partial charge in [-0.15, -0.1) is 11.3 Å². The third-order valence-electron chi connectivity index (χ3n) is 3.58. The molecule has 104 valence electrons. The van der Waals surface area contributed by atoms with E-state index in [-0.39, 0.29) is 11.8 Å². The molecule has 2 aromatic rings. The average Bonchev–Trinajstić information content (AvgIpc) is 3.16. The van der Waals surface area contributed by atoms with E-state index < -0.39 is 0 Å². The second-order valence-corrected chi connectivity index (χ2v) is 6.01. The molecule has 2 aromatic heterocycles. The Labute approximate surface area is 122 Å². The minimum absolute atomic E-state index is 0.147. The molecular formula is C16H17NO2S. The van der Waals surface area contributed by atoms with Crippen LogP contribution in [0.3, 0.4) is 0 Å². The van der Waals surface area contributed by atoms with Gasteiger partial charge >= 0.3 is 0 Å². The van der Waals surface area contributed by atoms with Gasteiger partial charge in [0.15, 0.2) is 0 Å². The molecule has 1 amide bonds. The van der Waals surface area contributed by atoms with E-state index >= 15 is 0 Å². The highest BCUT2D eigenvalue weighted by Crippen LogP contribution is 2.26. The monoisotopic (exact) mass is 287 g/mol. The van der Waals surface area contributed by atoms with Crippen molar-refractivity contribution in [3.05, 3.63) is 47.1 Å². The number of carbonyl (C=O) groups is 1. The van der Waals surface area contributed by atoms with Crippen LogP contribution in [0.25, 0.3) is 11.1 Å². The Morgan fingerprint density at radius 1 is 1.40 bits per heavy atom. The Balaban J connectivity index is 1.56. The fourth-order valence-corrected chi connectivity index (χ4v) is 3.24. The zero-order valence-corrected chi connectivity index (χ0v) is 12.0. The van der Waals surface area contributed by atoms with Crippen LogP contribution in [-0.2, 0) is 11.3 Å². The molecule has 1 aliphatic rings. The second kappa shape index (κ2) is 6.09. The minimum atomic E-state index is 0.147. The Morgan fingerprint density at radius 2 is 2.35 bits per heavy atom. The van der Waals surface area contributed by atoms with Crippen LogP contribution in [0, 0.1) is 5.92 Å². The number of hydrogen-bond donors (Lipinski definition) is 1. The molecule has 0 saturated carbocycles. The summed E-state index contributed by atoms with van der Waals surface area (Å²) in [6.07, 6.45) is 10.5. The van der Waals surface area contributed by atoms with E-state index in [1.165, 1.54) is 4.88 Å². The van der Waals surface area contributed by atoms with Crippen molar-refractivity contribution in [2.75, 3.05) is 0 Å². The lowest BCUT2D eigenvalue weighted by atomic mass is 9.94. The molecule has 4 heteroatoms. The molecule has 0 fully saturated rings. The lowest BCUT2D eigenvalue weighted by Gasteiger charge is -2.16. The summed E-state index contributed by atoms with van der Waals surface area (Å²) in [5, 5.41) is 5.13. The molecule has 0 spiro atoms. The van der Waals surface area contributed by atoms with E-state index in [0.29, 0.717) is 6.54 Å². The smallest absolute Gasteiger partial charge is 0.223 e. The number of furan rings is 1. The lowest BCUT2D eigenvalue weighted by molar-refractivity contribution is -0.125. The fraction of sp³-hybridized carbons (Fsp3) is 0.312. The van der Waals surface area contributed by atoms with E-state index in [0.717, 1.165) is 30.4 Å². The van der Waals surface area contributed by atoms with Gasteiger partial charge in [-0.05, 0) is 42.3 Å². The highest BCUT2D eigenvalue weighted by Gasteiger charge is 2.18. The predicted octanol–water partition coefficient (Wildman–Crippen LogP) is 3.98. The molecule has 0 radical (unpaired) electrons. The van der Waals surface area contributed by atoms with Gasteiger partial charge in [0.05, 0.1) is 19.1 Å². The number of rotatable bonds is 4. The average molecular weight is 287 g/mol. The molecule has 1 unspecified atom stereocenters. The summed E-state index contributed by atoms with van der Waals surface area (Å²) in [5.41, 5.74) is 2.23. The summed E-state index contributed by atoms with van der Waals surface area (Å²) in [4.78, 5) is 13.2. The van der Waals surface area contributed by atoms with Crippen LogP contribution in [0.1, 0.15) is 24.1 Å². The maximum absolute atomic E-state index is 12.1. The van der Waals surface area contributed by atoms with Crippen LogP contribution >= 0.6 is 11.3 Å². The Bertz CT molecular complexity index is 598. The second-order valence-electron chi connectivity index (χ2n) is 5.01. The first-order valence-electron chi connectivity index (χ1n) is 6.85. The van der Waals surface area contributed by atoms with Gasteiger partial charge in [0, 0.05) is 16.4 Å². The van der Waals surface area contributed by atoms with Crippen LogP contribution in [-0.4, -0.2) is 5.91 Å².